The van der Waals surface area contributed by atoms with Crippen LogP contribution >= 0.6 is 23.2 Å². The van der Waals surface area contributed by atoms with E-state index >= 15 is 0 Å². The van der Waals surface area contributed by atoms with Gasteiger partial charge in [-0.05, 0) is 42.3 Å². The predicted molar refractivity (Wildman–Crippen MR) is 122 cm³/mol. The quantitative estimate of drug-likeness (QED) is 0.334. The molecular formula is C23H17Cl2F9N2O2. The molecule has 0 aliphatic rings. The molecule has 0 saturated carbocycles. The Kier molecular flexibility index (Phi) is 9.76. The monoisotopic (exact) mass is 594 g/mol. The molecule has 2 amide bonds. The zero-order valence-corrected chi connectivity index (χ0v) is 20.5. The zero-order valence-electron chi connectivity index (χ0n) is 19.0. The minimum atomic E-state index is -5.15. The van der Waals surface area contributed by atoms with Crippen molar-refractivity contribution in [3.05, 3.63) is 74.8 Å². The number of hydrogen-bond acceptors (Lipinski definition) is 2. The second-order valence-corrected chi connectivity index (χ2v) is 8.70. The molecule has 0 aromatic heterocycles. The lowest BCUT2D eigenvalue weighted by atomic mass is 9.96. The van der Waals surface area contributed by atoms with Gasteiger partial charge in [-0.3, -0.25) is 9.59 Å². The molecule has 0 aliphatic carbocycles. The van der Waals surface area contributed by atoms with E-state index in [0.717, 1.165) is 37.3 Å². The standard InChI is InChI=1S/C23H17Cl2F9N2O2/c1-11(19(37)35-10-21(26,27)28)36-20(38)14-5-2-12(8-16(14)23(32,33)34)3-6-15(22(29,30)31)13-4-7-17(24)18(25)9-13/h2-9,11,15H,10H2,1H3,(H,35,37)(H,36,38). The van der Waals surface area contributed by atoms with Crippen molar-refractivity contribution >= 4 is 41.1 Å². The van der Waals surface area contributed by atoms with Crippen molar-refractivity contribution in [3.8, 4) is 0 Å². The van der Waals surface area contributed by atoms with Gasteiger partial charge in [0, 0.05) is 0 Å². The summed E-state index contributed by atoms with van der Waals surface area (Å²) < 4.78 is 119. The van der Waals surface area contributed by atoms with E-state index in [1.807, 2.05) is 5.32 Å². The summed E-state index contributed by atoms with van der Waals surface area (Å²) in [4.78, 5) is 24.1. The smallest absolute Gasteiger partial charge is 0.345 e. The molecule has 38 heavy (non-hydrogen) atoms. The Bertz CT molecular complexity index is 1210. The lowest BCUT2D eigenvalue weighted by Gasteiger charge is -2.19. The van der Waals surface area contributed by atoms with Crippen LogP contribution in [0.15, 0.2) is 42.5 Å². The van der Waals surface area contributed by atoms with Crippen LogP contribution in [0, 0.1) is 0 Å². The number of hydrogen-bond donors (Lipinski definition) is 2. The lowest BCUT2D eigenvalue weighted by Crippen LogP contribution is -2.47. The fourth-order valence-electron chi connectivity index (χ4n) is 3.10. The first-order chi connectivity index (χ1) is 17.3. The Balaban J connectivity index is 2.34. The topological polar surface area (TPSA) is 58.2 Å². The number of allylic oxidation sites excluding steroid dienone is 1. The summed E-state index contributed by atoms with van der Waals surface area (Å²) in [7, 11) is 0. The average Bonchev–Trinajstić information content (AvgIpc) is 2.77. The molecule has 2 rings (SSSR count). The maximum atomic E-state index is 13.7. The van der Waals surface area contributed by atoms with Crippen LogP contribution in [0.2, 0.25) is 10.0 Å². The molecule has 208 valence electrons. The predicted octanol–water partition coefficient (Wildman–Crippen LogP) is 7.17. The van der Waals surface area contributed by atoms with Gasteiger partial charge in [-0.1, -0.05) is 47.5 Å². The Morgan fingerprint density at radius 1 is 0.921 bits per heavy atom. The molecule has 4 nitrogen and oxygen atoms in total. The normalized spacial score (nSPS) is 14.3. The van der Waals surface area contributed by atoms with E-state index in [-0.39, 0.29) is 21.2 Å². The van der Waals surface area contributed by atoms with E-state index in [2.05, 4.69) is 0 Å². The first-order valence-electron chi connectivity index (χ1n) is 10.4. The van der Waals surface area contributed by atoms with Crippen LogP contribution in [0.4, 0.5) is 39.5 Å². The summed E-state index contributed by atoms with van der Waals surface area (Å²) in [6.07, 6.45) is -13.4. The largest absolute Gasteiger partial charge is 0.417 e. The van der Waals surface area contributed by atoms with E-state index in [9.17, 15) is 49.1 Å². The summed E-state index contributed by atoms with van der Waals surface area (Å²) in [5.74, 6) is -5.00. The fourth-order valence-corrected chi connectivity index (χ4v) is 3.41. The third-order valence-electron chi connectivity index (χ3n) is 4.93. The number of alkyl halides is 9. The zero-order chi connectivity index (χ0) is 29.1. The van der Waals surface area contributed by atoms with Crippen LogP contribution < -0.4 is 10.6 Å². The maximum Gasteiger partial charge on any atom is 0.417 e. The molecule has 2 N–H and O–H groups in total. The van der Waals surface area contributed by atoms with Crippen molar-refractivity contribution < 1.29 is 49.1 Å². The summed E-state index contributed by atoms with van der Waals surface area (Å²) in [6, 6.07) is 3.53. The summed E-state index contributed by atoms with van der Waals surface area (Å²) >= 11 is 11.5. The minimum Gasteiger partial charge on any atom is -0.345 e. The average molecular weight is 595 g/mol. The molecule has 2 unspecified atom stereocenters. The molecule has 0 aliphatic heterocycles. The van der Waals surface area contributed by atoms with E-state index in [0.29, 0.717) is 18.2 Å². The van der Waals surface area contributed by atoms with Crippen molar-refractivity contribution in [2.24, 2.45) is 0 Å². The summed E-state index contributed by atoms with van der Waals surface area (Å²) in [5, 5.41) is 3.16. The van der Waals surface area contributed by atoms with Crippen LogP contribution in [0.3, 0.4) is 0 Å². The van der Waals surface area contributed by atoms with Crippen LogP contribution in [0.25, 0.3) is 6.08 Å². The number of benzene rings is 2. The van der Waals surface area contributed by atoms with Gasteiger partial charge in [0.1, 0.15) is 12.6 Å². The molecular weight excluding hydrogens is 578 g/mol. The van der Waals surface area contributed by atoms with Gasteiger partial charge in [0.15, 0.2) is 0 Å². The second-order valence-electron chi connectivity index (χ2n) is 7.88. The Morgan fingerprint density at radius 2 is 1.55 bits per heavy atom. The molecule has 0 spiro atoms. The van der Waals surface area contributed by atoms with Gasteiger partial charge in [0.25, 0.3) is 5.91 Å². The molecule has 2 atom stereocenters. The van der Waals surface area contributed by atoms with E-state index in [1.165, 1.54) is 5.32 Å². The van der Waals surface area contributed by atoms with E-state index < -0.39 is 60.0 Å². The van der Waals surface area contributed by atoms with E-state index in [1.54, 1.807) is 0 Å². The highest BCUT2D eigenvalue weighted by molar-refractivity contribution is 6.42. The first kappa shape index (κ1) is 31.3. The number of nitrogens with one attached hydrogen (secondary N) is 2. The number of carbonyl (C=O) groups is 2. The number of rotatable bonds is 7. The second kappa shape index (κ2) is 11.9. The molecule has 0 fully saturated rings. The first-order valence-corrected chi connectivity index (χ1v) is 11.1. The lowest BCUT2D eigenvalue weighted by molar-refractivity contribution is -0.139. The third kappa shape index (κ3) is 8.83. The number of amides is 2. The Hall–Kier alpha value is -2.93. The van der Waals surface area contributed by atoms with Crippen molar-refractivity contribution in [1.29, 1.82) is 0 Å². The van der Waals surface area contributed by atoms with Gasteiger partial charge in [-0.2, -0.15) is 39.5 Å². The van der Waals surface area contributed by atoms with Gasteiger partial charge in [0.05, 0.1) is 27.1 Å². The van der Waals surface area contributed by atoms with E-state index in [4.69, 9.17) is 23.2 Å². The molecule has 15 heteroatoms. The van der Waals surface area contributed by atoms with Crippen molar-refractivity contribution in [3.63, 3.8) is 0 Å². The van der Waals surface area contributed by atoms with Crippen LogP contribution in [-0.4, -0.2) is 36.8 Å². The highest BCUT2D eigenvalue weighted by Gasteiger charge is 2.39. The van der Waals surface area contributed by atoms with Crippen LogP contribution in [0.5, 0.6) is 0 Å². The van der Waals surface area contributed by atoms with Crippen molar-refractivity contribution in [1.82, 2.24) is 10.6 Å². The number of halogens is 11. The number of carbonyl (C=O) groups excluding carboxylic acids is 2. The van der Waals surface area contributed by atoms with Crippen LogP contribution in [-0.2, 0) is 11.0 Å². The van der Waals surface area contributed by atoms with Crippen LogP contribution in [0.1, 0.15) is 39.9 Å². The Labute approximate surface area is 219 Å². The minimum absolute atomic E-state index is 0.00356. The molecule has 0 radical (unpaired) electrons. The van der Waals surface area contributed by atoms with Crippen molar-refractivity contribution in [2.75, 3.05) is 6.54 Å². The van der Waals surface area contributed by atoms with Gasteiger partial charge in [0.2, 0.25) is 5.91 Å². The molecule has 0 heterocycles. The van der Waals surface area contributed by atoms with Gasteiger partial charge < -0.3 is 10.6 Å². The SMILES string of the molecule is CC(NC(=O)c1ccc(C=CC(c2ccc(Cl)c(Cl)c2)C(F)(F)F)cc1C(F)(F)F)C(=O)NCC(F)(F)F. The van der Waals surface area contributed by atoms with Gasteiger partial charge >= 0.3 is 18.5 Å². The fraction of sp³-hybridized carbons (Fsp3) is 0.304. The van der Waals surface area contributed by atoms with Crippen molar-refractivity contribution in [2.45, 2.75) is 37.4 Å². The third-order valence-corrected chi connectivity index (χ3v) is 5.67. The summed E-state index contributed by atoms with van der Waals surface area (Å²) in [5.41, 5.74) is -3.22. The van der Waals surface area contributed by atoms with Gasteiger partial charge in [-0.25, -0.2) is 0 Å². The molecule has 2 aromatic rings. The maximum absolute atomic E-state index is 13.7. The van der Waals surface area contributed by atoms with Gasteiger partial charge in [-0.15, -0.1) is 0 Å². The highest BCUT2D eigenvalue weighted by Crippen LogP contribution is 2.39. The Morgan fingerprint density at radius 3 is 2.08 bits per heavy atom. The molecule has 2 aromatic carbocycles. The summed E-state index contributed by atoms with van der Waals surface area (Å²) in [6.45, 7) is -0.768. The molecule has 0 saturated heterocycles. The highest BCUT2D eigenvalue weighted by atomic mass is 35.5. The molecule has 0 bridgehead atoms.